The number of hydrogen-bond donors (Lipinski definition) is 2. The number of ether oxygens (including phenoxy) is 2. The van der Waals surface area contributed by atoms with Crippen LogP contribution in [0.2, 0.25) is 0 Å². The van der Waals surface area contributed by atoms with E-state index >= 15 is 0 Å². The zero-order chi connectivity index (χ0) is 20.1. The van der Waals surface area contributed by atoms with Crippen LogP contribution in [-0.4, -0.2) is 49.8 Å². The first-order valence-electron chi connectivity index (χ1n) is 9.61. The molecule has 5 rings (SSSR count). The number of anilines is 1. The Kier molecular flexibility index (Phi) is 6.39. The molecule has 154 valence electrons. The van der Waals surface area contributed by atoms with Gasteiger partial charge >= 0.3 is 0 Å². The lowest BCUT2D eigenvalue weighted by Gasteiger charge is -2.32. The molecule has 0 aliphatic carbocycles. The highest BCUT2D eigenvalue weighted by Gasteiger charge is 2.34. The van der Waals surface area contributed by atoms with Gasteiger partial charge in [0.1, 0.15) is 5.52 Å². The minimum atomic E-state index is 0.463. The third-order valence-corrected chi connectivity index (χ3v) is 7.36. The Morgan fingerprint density at radius 3 is 2.86 bits per heavy atom. The van der Waals surface area contributed by atoms with Crippen molar-refractivity contribution in [3.63, 3.8) is 0 Å². The molecule has 1 amide bonds. The summed E-state index contributed by atoms with van der Waals surface area (Å²) in [6, 6.07) is 4.02. The number of methoxy groups -OCH3 is 1. The van der Waals surface area contributed by atoms with E-state index in [9.17, 15) is 4.79 Å². The highest BCUT2D eigenvalue weighted by molar-refractivity contribution is 7.23. The molecular formula is C20H24N4O3S2. The van der Waals surface area contributed by atoms with Gasteiger partial charge in [-0.1, -0.05) is 17.4 Å². The summed E-state index contributed by atoms with van der Waals surface area (Å²) in [4.78, 5) is 20.2. The fourth-order valence-corrected chi connectivity index (χ4v) is 5.53. The average molecular weight is 433 g/mol. The average Bonchev–Trinajstić information content (AvgIpc) is 3.50. The summed E-state index contributed by atoms with van der Waals surface area (Å²) in [5, 5.41) is 8.54. The van der Waals surface area contributed by atoms with Gasteiger partial charge in [-0.05, 0) is 42.7 Å². The Morgan fingerprint density at radius 1 is 1.34 bits per heavy atom. The van der Waals surface area contributed by atoms with Crippen molar-refractivity contribution in [2.75, 3.05) is 38.7 Å². The number of aromatic nitrogens is 2. The number of nitrogens with zero attached hydrogens (tertiary/aromatic N) is 2. The number of amides is 1. The van der Waals surface area contributed by atoms with Crippen LogP contribution < -0.4 is 15.4 Å². The number of carbonyl (C=O) groups is 1. The molecule has 2 N–H and O–H groups in total. The van der Waals surface area contributed by atoms with E-state index in [-0.39, 0.29) is 0 Å². The number of pyridine rings is 1. The molecule has 2 aliphatic heterocycles. The van der Waals surface area contributed by atoms with E-state index in [4.69, 9.17) is 9.47 Å². The third-order valence-electron chi connectivity index (χ3n) is 5.43. The molecule has 1 spiro atoms. The van der Waals surface area contributed by atoms with Crippen LogP contribution in [0.15, 0.2) is 23.7 Å². The molecule has 2 saturated heterocycles. The molecule has 0 aromatic carbocycles. The highest BCUT2D eigenvalue weighted by Crippen LogP contribution is 2.39. The largest absolute Gasteiger partial charge is 0.479 e. The van der Waals surface area contributed by atoms with Crippen LogP contribution >= 0.6 is 22.7 Å². The molecule has 3 aromatic rings. The number of carbonyl (C=O) groups excluding carboxylic acids is 1. The number of nitrogens with one attached hydrogen (secondary N) is 2. The Balaban J connectivity index is 0.000000171. The standard InChI is InChI=1S/C12H9N3O2S2.C8H15NO/c1-17-11-9-10(19-12(15-9)14-6-16)7(5-13-11)8-3-2-4-18-8;1-4-9-7-8(1)2-5-10-6-3-8/h2-6H,1H3,(H,14,15,16);9H,1-7H2. The number of thiophene rings is 1. The molecule has 0 radical (unpaired) electrons. The molecule has 0 saturated carbocycles. The second kappa shape index (κ2) is 9.17. The lowest BCUT2D eigenvalue weighted by molar-refractivity contribution is -0.105. The summed E-state index contributed by atoms with van der Waals surface area (Å²) >= 11 is 3.04. The molecule has 0 atom stereocenters. The van der Waals surface area contributed by atoms with Crippen molar-refractivity contribution in [3.8, 4) is 16.3 Å². The molecule has 0 bridgehead atoms. The first kappa shape index (κ1) is 20.2. The number of thiazole rings is 1. The van der Waals surface area contributed by atoms with E-state index in [1.807, 2.05) is 17.5 Å². The predicted octanol–water partition coefficient (Wildman–Crippen LogP) is 3.77. The molecule has 9 heteroatoms. The zero-order valence-corrected chi connectivity index (χ0v) is 17.9. The first-order chi connectivity index (χ1) is 14.2. The summed E-state index contributed by atoms with van der Waals surface area (Å²) in [7, 11) is 1.55. The Bertz CT molecular complexity index is 944. The van der Waals surface area contributed by atoms with Crippen LogP contribution in [0.3, 0.4) is 0 Å². The molecule has 0 unspecified atom stereocenters. The second-order valence-corrected chi connectivity index (χ2v) is 9.10. The van der Waals surface area contributed by atoms with Gasteiger partial charge < -0.3 is 20.1 Å². The van der Waals surface area contributed by atoms with Gasteiger partial charge in [-0.2, -0.15) is 0 Å². The van der Waals surface area contributed by atoms with Gasteiger partial charge in [0.25, 0.3) is 0 Å². The van der Waals surface area contributed by atoms with Gasteiger partial charge in [-0.15, -0.1) is 11.3 Å². The van der Waals surface area contributed by atoms with Crippen LogP contribution in [0, 0.1) is 5.41 Å². The molecule has 2 fully saturated rings. The van der Waals surface area contributed by atoms with Gasteiger partial charge in [-0.25, -0.2) is 9.97 Å². The van der Waals surface area contributed by atoms with E-state index < -0.39 is 0 Å². The summed E-state index contributed by atoms with van der Waals surface area (Å²) in [5.74, 6) is 0.463. The maximum Gasteiger partial charge on any atom is 0.241 e. The maximum absolute atomic E-state index is 10.5. The predicted molar refractivity (Wildman–Crippen MR) is 117 cm³/mol. The van der Waals surface area contributed by atoms with Gasteiger partial charge in [0, 0.05) is 36.4 Å². The zero-order valence-electron chi connectivity index (χ0n) is 16.3. The topological polar surface area (TPSA) is 85.4 Å². The van der Waals surface area contributed by atoms with Crippen LogP contribution in [0.1, 0.15) is 19.3 Å². The number of fused-ring (bicyclic) bond motifs is 1. The van der Waals surface area contributed by atoms with Crippen molar-refractivity contribution >= 4 is 44.4 Å². The molecule has 5 heterocycles. The van der Waals surface area contributed by atoms with Crippen LogP contribution in [0.5, 0.6) is 5.88 Å². The SMILES string of the molecule is C1CC2(CCOCC2)CN1.COc1ncc(-c2cccs2)c2sc(NC=O)nc12. The normalized spacial score (nSPS) is 17.7. The second-order valence-electron chi connectivity index (χ2n) is 7.16. The monoisotopic (exact) mass is 432 g/mol. The van der Waals surface area contributed by atoms with Crippen molar-refractivity contribution < 1.29 is 14.3 Å². The van der Waals surface area contributed by atoms with E-state index in [0.29, 0.717) is 28.4 Å². The molecule has 7 nitrogen and oxygen atoms in total. The van der Waals surface area contributed by atoms with Gasteiger partial charge in [-0.3, -0.25) is 4.79 Å². The van der Waals surface area contributed by atoms with E-state index in [0.717, 1.165) is 28.4 Å². The van der Waals surface area contributed by atoms with Gasteiger partial charge in [0.05, 0.1) is 11.8 Å². The summed E-state index contributed by atoms with van der Waals surface area (Å²) in [5.41, 5.74) is 2.31. The Morgan fingerprint density at radius 2 is 2.21 bits per heavy atom. The highest BCUT2D eigenvalue weighted by atomic mass is 32.1. The molecule has 3 aromatic heterocycles. The fraction of sp³-hybridized carbons (Fsp3) is 0.450. The van der Waals surface area contributed by atoms with E-state index in [1.165, 1.54) is 43.7 Å². The van der Waals surface area contributed by atoms with Crippen LogP contribution in [-0.2, 0) is 9.53 Å². The Hall–Kier alpha value is -2.07. The lowest BCUT2D eigenvalue weighted by atomic mass is 9.80. The molecule has 2 aliphatic rings. The van der Waals surface area contributed by atoms with Crippen molar-refractivity contribution in [2.45, 2.75) is 19.3 Å². The van der Waals surface area contributed by atoms with Crippen molar-refractivity contribution in [2.24, 2.45) is 5.41 Å². The summed E-state index contributed by atoms with van der Waals surface area (Å²) in [6.45, 7) is 4.43. The lowest BCUT2D eigenvalue weighted by Crippen LogP contribution is -2.31. The van der Waals surface area contributed by atoms with Gasteiger partial charge in [0.15, 0.2) is 5.13 Å². The summed E-state index contributed by atoms with van der Waals surface area (Å²) < 4.78 is 11.5. The van der Waals surface area contributed by atoms with Crippen LogP contribution in [0.4, 0.5) is 5.13 Å². The van der Waals surface area contributed by atoms with E-state index in [1.54, 1.807) is 24.6 Å². The summed E-state index contributed by atoms with van der Waals surface area (Å²) in [6.07, 6.45) is 6.31. The maximum atomic E-state index is 10.5. The minimum Gasteiger partial charge on any atom is -0.479 e. The first-order valence-corrected chi connectivity index (χ1v) is 11.3. The van der Waals surface area contributed by atoms with E-state index in [2.05, 4.69) is 20.6 Å². The third kappa shape index (κ3) is 4.42. The van der Waals surface area contributed by atoms with Crippen molar-refractivity contribution in [1.82, 2.24) is 15.3 Å². The smallest absolute Gasteiger partial charge is 0.241 e. The number of hydrogen-bond acceptors (Lipinski definition) is 8. The molecule has 29 heavy (non-hydrogen) atoms. The Labute approximate surface area is 177 Å². The van der Waals surface area contributed by atoms with Crippen LogP contribution in [0.25, 0.3) is 20.7 Å². The van der Waals surface area contributed by atoms with Crippen molar-refractivity contribution in [3.05, 3.63) is 23.7 Å². The number of rotatable bonds is 4. The fourth-order valence-electron chi connectivity index (χ4n) is 3.79. The van der Waals surface area contributed by atoms with Crippen molar-refractivity contribution in [1.29, 1.82) is 0 Å². The minimum absolute atomic E-state index is 0.463. The molecular weight excluding hydrogens is 408 g/mol. The quantitative estimate of drug-likeness (QED) is 0.611. The van der Waals surface area contributed by atoms with Gasteiger partial charge in [0.2, 0.25) is 12.3 Å².